The molecule has 0 aromatic heterocycles. The van der Waals surface area contributed by atoms with Crippen molar-refractivity contribution < 1.29 is 19.0 Å². The molecule has 0 aliphatic rings. The Labute approximate surface area is 131 Å². The van der Waals surface area contributed by atoms with Crippen LogP contribution in [0.2, 0.25) is 0 Å². The molecule has 5 heteroatoms. The minimum atomic E-state index is -0.924. The highest BCUT2D eigenvalue weighted by Gasteiger charge is 2.20. The number of methoxy groups -OCH3 is 2. The van der Waals surface area contributed by atoms with Gasteiger partial charge >= 0.3 is 0 Å². The SMILES string of the molecule is COc1cccc(OC)c1C(O)Cc1ccc(Br)cc1F. The lowest BCUT2D eigenvalue weighted by Gasteiger charge is -2.18. The normalized spacial score (nSPS) is 12.0. The van der Waals surface area contributed by atoms with Crippen LogP contribution in [0.5, 0.6) is 11.5 Å². The second-order valence-corrected chi connectivity index (χ2v) is 5.45. The van der Waals surface area contributed by atoms with Gasteiger partial charge in [-0.1, -0.05) is 28.1 Å². The van der Waals surface area contributed by atoms with Crippen LogP contribution >= 0.6 is 15.9 Å². The van der Waals surface area contributed by atoms with E-state index in [1.165, 1.54) is 20.3 Å². The number of hydrogen-bond donors (Lipinski definition) is 1. The van der Waals surface area contributed by atoms with Crippen LogP contribution in [0.4, 0.5) is 4.39 Å². The summed E-state index contributed by atoms with van der Waals surface area (Å²) in [6.45, 7) is 0. The van der Waals surface area contributed by atoms with Crippen molar-refractivity contribution in [1.29, 1.82) is 0 Å². The fraction of sp³-hybridized carbons (Fsp3) is 0.250. The summed E-state index contributed by atoms with van der Waals surface area (Å²) in [5.41, 5.74) is 0.948. The fourth-order valence-corrected chi connectivity index (χ4v) is 2.54. The molecule has 1 atom stereocenters. The first kappa shape index (κ1) is 15.8. The molecular weight excluding hydrogens is 339 g/mol. The van der Waals surface area contributed by atoms with E-state index in [1.54, 1.807) is 30.3 Å². The lowest BCUT2D eigenvalue weighted by molar-refractivity contribution is 0.168. The van der Waals surface area contributed by atoms with E-state index in [9.17, 15) is 9.50 Å². The quantitative estimate of drug-likeness (QED) is 0.885. The van der Waals surface area contributed by atoms with Gasteiger partial charge in [0.25, 0.3) is 0 Å². The maximum atomic E-state index is 13.9. The first-order chi connectivity index (χ1) is 10.1. The van der Waals surface area contributed by atoms with Gasteiger partial charge in [-0.25, -0.2) is 4.39 Å². The van der Waals surface area contributed by atoms with Crippen LogP contribution < -0.4 is 9.47 Å². The Balaban J connectivity index is 2.33. The van der Waals surface area contributed by atoms with Crippen molar-refractivity contribution in [3.8, 4) is 11.5 Å². The van der Waals surface area contributed by atoms with E-state index in [0.29, 0.717) is 27.1 Å². The predicted octanol–water partition coefficient (Wildman–Crippen LogP) is 3.88. The summed E-state index contributed by atoms with van der Waals surface area (Å²) in [6.07, 6.45) is -0.790. The molecule has 3 nitrogen and oxygen atoms in total. The molecule has 0 saturated carbocycles. The Kier molecular flexibility index (Phi) is 5.20. The van der Waals surface area contributed by atoms with Crippen LogP contribution in [0.3, 0.4) is 0 Å². The van der Waals surface area contributed by atoms with Crippen molar-refractivity contribution in [3.05, 3.63) is 57.8 Å². The average molecular weight is 355 g/mol. The zero-order valence-corrected chi connectivity index (χ0v) is 13.4. The molecule has 0 radical (unpaired) electrons. The topological polar surface area (TPSA) is 38.7 Å². The van der Waals surface area contributed by atoms with Gasteiger partial charge in [0.2, 0.25) is 0 Å². The summed E-state index contributed by atoms with van der Waals surface area (Å²) in [7, 11) is 3.04. The maximum absolute atomic E-state index is 13.9. The van der Waals surface area contributed by atoms with E-state index in [2.05, 4.69) is 15.9 Å². The smallest absolute Gasteiger partial charge is 0.128 e. The van der Waals surface area contributed by atoms with Crippen molar-refractivity contribution >= 4 is 15.9 Å². The molecule has 1 N–H and O–H groups in total. The van der Waals surface area contributed by atoms with Gasteiger partial charge in [-0.3, -0.25) is 0 Å². The summed E-state index contributed by atoms with van der Waals surface area (Å²) in [6, 6.07) is 10.0. The van der Waals surface area contributed by atoms with Crippen molar-refractivity contribution in [1.82, 2.24) is 0 Å². The van der Waals surface area contributed by atoms with E-state index in [1.807, 2.05) is 0 Å². The summed E-state index contributed by atoms with van der Waals surface area (Å²) < 4.78 is 25.1. The van der Waals surface area contributed by atoms with Gasteiger partial charge in [-0.2, -0.15) is 0 Å². The van der Waals surface area contributed by atoms with Crippen LogP contribution in [0.25, 0.3) is 0 Å². The molecule has 0 heterocycles. The Morgan fingerprint density at radius 3 is 2.29 bits per heavy atom. The molecule has 2 rings (SSSR count). The first-order valence-corrected chi connectivity index (χ1v) is 7.19. The van der Waals surface area contributed by atoms with Crippen LogP contribution in [0, 0.1) is 5.82 Å². The number of rotatable bonds is 5. The highest BCUT2D eigenvalue weighted by molar-refractivity contribution is 9.10. The molecule has 2 aromatic carbocycles. The molecule has 112 valence electrons. The van der Waals surface area contributed by atoms with Gasteiger partial charge < -0.3 is 14.6 Å². The third kappa shape index (κ3) is 3.54. The number of benzene rings is 2. The summed E-state index contributed by atoms with van der Waals surface area (Å²) in [5, 5.41) is 10.5. The molecule has 21 heavy (non-hydrogen) atoms. The number of aliphatic hydroxyl groups excluding tert-OH is 1. The molecule has 0 saturated heterocycles. The molecule has 2 aromatic rings. The third-order valence-electron chi connectivity index (χ3n) is 3.23. The van der Waals surface area contributed by atoms with E-state index in [4.69, 9.17) is 9.47 Å². The van der Waals surface area contributed by atoms with Crippen LogP contribution in [0.1, 0.15) is 17.2 Å². The van der Waals surface area contributed by atoms with Crippen LogP contribution in [0.15, 0.2) is 40.9 Å². The largest absolute Gasteiger partial charge is 0.496 e. The lowest BCUT2D eigenvalue weighted by atomic mass is 9.99. The zero-order valence-electron chi connectivity index (χ0n) is 11.8. The van der Waals surface area contributed by atoms with E-state index >= 15 is 0 Å². The third-order valence-corrected chi connectivity index (χ3v) is 3.72. The van der Waals surface area contributed by atoms with Crippen molar-refractivity contribution in [2.24, 2.45) is 0 Å². The van der Waals surface area contributed by atoms with Gasteiger partial charge in [0.1, 0.15) is 17.3 Å². The number of halogens is 2. The van der Waals surface area contributed by atoms with Crippen molar-refractivity contribution in [3.63, 3.8) is 0 Å². The predicted molar refractivity (Wildman–Crippen MR) is 82.3 cm³/mol. The number of aliphatic hydroxyl groups is 1. The maximum Gasteiger partial charge on any atom is 0.128 e. The van der Waals surface area contributed by atoms with Crippen molar-refractivity contribution in [2.75, 3.05) is 14.2 Å². The van der Waals surface area contributed by atoms with Gasteiger partial charge in [0.15, 0.2) is 0 Å². The molecule has 0 aliphatic carbocycles. The zero-order chi connectivity index (χ0) is 15.4. The molecule has 0 fully saturated rings. The number of hydrogen-bond acceptors (Lipinski definition) is 3. The second-order valence-electron chi connectivity index (χ2n) is 4.53. The Bertz CT molecular complexity index is 609. The molecule has 0 amide bonds. The first-order valence-electron chi connectivity index (χ1n) is 6.39. The summed E-state index contributed by atoms with van der Waals surface area (Å²) in [4.78, 5) is 0. The van der Waals surface area contributed by atoms with E-state index < -0.39 is 6.10 Å². The van der Waals surface area contributed by atoms with Crippen LogP contribution in [-0.2, 0) is 6.42 Å². The van der Waals surface area contributed by atoms with Crippen LogP contribution in [-0.4, -0.2) is 19.3 Å². The average Bonchev–Trinajstić information content (AvgIpc) is 2.49. The van der Waals surface area contributed by atoms with E-state index in [0.717, 1.165) is 0 Å². The molecule has 0 spiro atoms. The summed E-state index contributed by atoms with van der Waals surface area (Å²) in [5.74, 6) is 0.663. The van der Waals surface area contributed by atoms with Gasteiger partial charge in [-0.05, 0) is 29.8 Å². The highest BCUT2D eigenvalue weighted by Crippen LogP contribution is 2.35. The standard InChI is InChI=1S/C16H16BrFO3/c1-20-14-4-3-5-15(21-2)16(14)13(19)8-10-6-7-11(17)9-12(10)18/h3-7,9,13,19H,8H2,1-2H3. The molecular formula is C16H16BrFO3. The fourth-order valence-electron chi connectivity index (χ4n) is 2.21. The molecule has 0 bridgehead atoms. The van der Waals surface area contributed by atoms with Gasteiger partial charge in [0.05, 0.1) is 25.9 Å². The molecule has 1 unspecified atom stereocenters. The number of ether oxygens (including phenoxy) is 2. The Hall–Kier alpha value is -1.59. The van der Waals surface area contributed by atoms with Crippen molar-refractivity contribution in [2.45, 2.75) is 12.5 Å². The Morgan fingerprint density at radius 2 is 1.76 bits per heavy atom. The van der Waals surface area contributed by atoms with Gasteiger partial charge in [-0.15, -0.1) is 0 Å². The monoisotopic (exact) mass is 354 g/mol. The van der Waals surface area contributed by atoms with E-state index in [-0.39, 0.29) is 12.2 Å². The molecule has 0 aliphatic heterocycles. The highest BCUT2D eigenvalue weighted by atomic mass is 79.9. The minimum absolute atomic E-state index is 0.135. The second kappa shape index (κ2) is 6.91. The van der Waals surface area contributed by atoms with Gasteiger partial charge in [0, 0.05) is 10.9 Å². The minimum Gasteiger partial charge on any atom is -0.496 e. The summed E-state index contributed by atoms with van der Waals surface area (Å²) >= 11 is 3.21. The lowest BCUT2D eigenvalue weighted by Crippen LogP contribution is -2.07. The Morgan fingerprint density at radius 1 is 1.14 bits per heavy atom.